The smallest absolute Gasteiger partial charge is 0.255 e. The molecule has 0 atom stereocenters. The maximum Gasteiger partial charge on any atom is 0.255 e. The van der Waals surface area contributed by atoms with E-state index in [1.165, 1.54) is 21.3 Å². The number of rotatable bonds is 3. The Morgan fingerprint density at radius 1 is 1.52 bits per heavy atom. The van der Waals surface area contributed by atoms with Crippen molar-refractivity contribution in [1.29, 1.82) is 5.26 Å². The molecular formula is C13H11BrN6O2S. The molecule has 1 N–H and O–H groups in total. The van der Waals surface area contributed by atoms with Crippen molar-refractivity contribution in [2.24, 2.45) is 5.92 Å². The number of hydrogen-bond acceptors (Lipinski definition) is 6. The lowest BCUT2D eigenvalue weighted by atomic mass is 10.0. The van der Waals surface area contributed by atoms with E-state index in [1.54, 1.807) is 0 Å². The van der Waals surface area contributed by atoms with Gasteiger partial charge in [-0.3, -0.25) is 13.6 Å². The number of fused-ring (bicyclic) bond motifs is 1. The molecule has 23 heavy (non-hydrogen) atoms. The quantitative estimate of drug-likeness (QED) is 0.741. The minimum atomic E-state index is -0.430. The van der Waals surface area contributed by atoms with E-state index in [2.05, 4.69) is 50.1 Å². The van der Waals surface area contributed by atoms with Crippen LogP contribution in [0.15, 0.2) is 17.0 Å². The molecule has 2 aromatic rings. The predicted octanol–water partition coefficient (Wildman–Crippen LogP) is 0.598. The number of carbonyl (C=O) groups excluding carboxylic acids is 2. The van der Waals surface area contributed by atoms with Gasteiger partial charge in [-0.25, -0.2) is 9.97 Å². The van der Waals surface area contributed by atoms with Gasteiger partial charge in [0.2, 0.25) is 5.91 Å². The second-order valence-corrected chi connectivity index (χ2v) is 6.30. The van der Waals surface area contributed by atoms with Crippen molar-refractivity contribution in [3.05, 3.63) is 22.6 Å². The molecule has 1 aliphatic heterocycles. The highest BCUT2D eigenvalue weighted by atomic mass is 79.9. The van der Waals surface area contributed by atoms with Gasteiger partial charge in [-0.1, -0.05) is 12.8 Å². The van der Waals surface area contributed by atoms with Crippen molar-refractivity contribution in [3.8, 4) is 6.07 Å². The van der Waals surface area contributed by atoms with Crippen LogP contribution in [-0.2, 0) is 4.79 Å². The summed E-state index contributed by atoms with van der Waals surface area (Å²) >= 11 is 7.41. The van der Waals surface area contributed by atoms with Crippen LogP contribution < -0.4 is 5.32 Å². The molecular weight excluding hydrogens is 384 g/mol. The molecule has 1 saturated heterocycles. The normalized spacial score (nSPS) is 14.4. The van der Waals surface area contributed by atoms with Crippen LogP contribution in [0.2, 0.25) is 0 Å². The molecule has 0 bridgehead atoms. The largest absolute Gasteiger partial charge is 0.343 e. The summed E-state index contributed by atoms with van der Waals surface area (Å²) in [6.07, 6.45) is 3.01. The van der Waals surface area contributed by atoms with Gasteiger partial charge in [0, 0.05) is 19.3 Å². The van der Waals surface area contributed by atoms with Gasteiger partial charge < -0.3 is 10.2 Å². The molecule has 2 amide bonds. The Kier molecular flexibility index (Phi) is 4.23. The fourth-order valence-corrected chi connectivity index (χ4v) is 2.79. The number of nitriles is 1. The first-order valence-corrected chi connectivity index (χ1v) is 7.87. The highest BCUT2D eigenvalue weighted by molar-refractivity contribution is 9.10. The molecule has 0 aromatic carbocycles. The molecule has 0 saturated carbocycles. The predicted molar refractivity (Wildman–Crippen MR) is 87.6 cm³/mol. The Hall–Kier alpha value is -2.12. The van der Waals surface area contributed by atoms with Gasteiger partial charge in [0.1, 0.15) is 10.1 Å². The lowest BCUT2D eigenvalue weighted by Crippen LogP contribution is -2.52. The lowest BCUT2D eigenvalue weighted by molar-refractivity contribution is -0.135. The van der Waals surface area contributed by atoms with Crippen LogP contribution in [0.5, 0.6) is 0 Å². The van der Waals surface area contributed by atoms with E-state index in [1.807, 2.05) is 0 Å². The summed E-state index contributed by atoms with van der Waals surface area (Å²) in [6.45, 7) is 0.705. The van der Waals surface area contributed by atoms with E-state index < -0.39 is 5.91 Å². The van der Waals surface area contributed by atoms with Crippen LogP contribution in [0.3, 0.4) is 0 Å². The van der Waals surface area contributed by atoms with Crippen LogP contribution in [0, 0.1) is 17.2 Å². The third kappa shape index (κ3) is 3.02. The van der Waals surface area contributed by atoms with E-state index in [9.17, 15) is 9.59 Å². The van der Waals surface area contributed by atoms with Crippen molar-refractivity contribution >= 4 is 51.7 Å². The highest BCUT2D eigenvalue weighted by Gasteiger charge is 2.30. The maximum atomic E-state index is 12.3. The second-order valence-electron chi connectivity index (χ2n) is 5.06. The van der Waals surface area contributed by atoms with Gasteiger partial charge in [-0.05, 0) is 15.9 Å². The van der Waals surface area contributed by atoms with Crippen LogP contribution >= 0.6 is 28.7 Å². The molecule has 0 radical (unpaired) electrons. The van der Waals surface area contributed by atoms with Crippen molar-refractivity contribution < 1.29 is 9.59 Å². The van der Waals surface area contributed by atoms with Gasteiger partial charge in [0.15, 0.2) is 5.65 Å². The minimum absolute atomic E-state index is 0.107. The van der Waals surface area contributed by atoms with E-state index in [-0.39, 0.29) is 23.9 Å². The number of hydrogen-bond donors (Lipinski definition) is 2. The number of aromatic nitrogens is 3. The van der Waals surface area contributed by atoms with Gasteiger partial charge in [0.05, 0.1) is 30.3 Å². The zero-order valence-corrected chi connectivity index (χ0v) is 14.2. The first-order valence-electron chi connectivity index (χ1n) is 6.68. The van der Waals surface area contributed by atoms with Crippen LogP contribution in [0.4, 0.5) is 0 Å². The Balaban J connectivity index is 1.68. The monoisotopic (exact) mass is 394 g/mol. The summed E-state index contributed by atoms with van der Waals surface area (Å²) < 4.78 is 1.90. The summed E-state index contributed by atoms with van der Waals surface area (Å²) in [7, 11) is 0. The van der Waals surface area contributed by atoms with E-state index in [4.69, 9.17) is 5.26 Å². The zero-order chi connectivity index (χ0) is 16.6. The molecule has 2 aromatic heterocycles. The number of likely N-dealkylation sites (tertiary alicyclic amines) is 1. The molecule has 0 spiro atoms. The highest BCUT2D eigenvalue weighted by Crippen LogP contribution is 2.20. The molecule has 3 heterocycles. The molecule has 3 rings (SSSR count). The topological polar surface area (TPSA) is 104 Å². The Labute approximate surface area is 145 Å². The lowest BCUT2D eigenvalue weighted by Gasteiger charge is -2.35. The van der Waals surface area contributed by atoms with E-state index in [0.29, 0.717) is 28.9 Å². The molecule has 10 heteroatoms. The van der Waals surface area contributed by atoms with Crippen molar-refractivity contribution in [1.82, 2.24) is 24.2 Å². The van der Waals surface area contributed by atoms with Crippen LogP contribution in [0.25, 0.3) is 11.2 Å². The summed E-state index contributed by atoms with van der Waals surface area (Å²) in [5.74, 6) is -0.753. The van der Waals surface area contributed by atoms with Gasteiger partial charge in [0.25, 0.3) is 5.91 Å². The van der Waals surface area contributed by atoms with Crippen molar-refractivity contribution in [2.75, 3.05) is 19.6 Å². The average molecular weight is 395 g/mol. The number of nitrogens with zero attached hydrogens (tertiary/aromatic N) is 5. The zero-order valence-electron chi connectivity index (χ0n) is 11.7. The fourth-order valence-electron chi connectivity index (χ4n) is 2.25. The van der Waals surface area contributed by atoms with Gasteiger partial charge in [-0.2, -0.15) is 5.26 Å². The van der Waals surface area contributed by atoms with E-state index >= 15 is 0 Å². The molecule has 0 aliphatic carbocycles. The molecule has 0 unspecified atom stereocenters. The number of carbonyl (C=O) groups is 2. The SMILES string of the molecule is N#CC1CN(C(=O)CNC(=O)c2cn(S)c3ncc(Br)nc23)C1. The number of halogens is 1. The number of amides is 2. The number of thiol groups is 1. The summed E-state index contributed by atoms with van der Waals surface area (Å²) in [6, 6.07) is 2.09. The first kappa shape index (κ1) is 15.8. The van der Waals surface area contributed by atoms with Crippen LogP contribution in [-0.4, -0.2) is 50.3 Å². The Morgan fingerprint density at radius 3 is 2.96 bits per heavy atom. The summed E-state index contributed by atoms with van der Waals surface area (Å²) in [5, 5.41) is 11.3. The molecule has 1 aliphatic rings. The molecule has 8 nitrogen and oxygen atoms in total. The number of nitrogens with one attached hydrogen (secondary N) is 1. The molecule has 1 fully saturated rings. The third-order valence-electron chi connectivity index (χ3n) is 3.51. The van der Waals surface area contributed by atoms with Gasteiger partial charge in [-0.15, -0.1) is 0 Å². The summed E-state index contributed by atoms with van der Waals surface area (Å²) in [5.41, 5.74) is 1.13. The van der Waals surface area contributed by atoms with Gasteiger partial charge >= 0.3 is 0 Å². The third-order valence-corrected chi connectivity index (χ3v) is 4.20. The second kappa shape index (κ2) is 6.17. The van der Waals surface area contributed by atoms with E-state index in [0.717, 1.165) is 0 Å². The standard InChI is InChI=1S/C13H11BrN6O2S/c14-9-2-16-12-11(18-9)8(6-20(12)23)13(22)17-3-10(21)19-4-7(1-15)5-19/h2,6-7,23H,3-5H2,(H,17,22). The van der Waals surface area contributed by atoms with Crippen LogP contribution in [0.1, 0.15) is 10.4 Å². The van der Waals surface area contributed by atoms with Crippen molar-refractivity contribution in [2.45, 2.75) is 0 Å². The summed E-state index contributed by atoms with van der Waals surface area (Å²) in [4.78, 5) is 34.1. The van der Waals surface area contributed by atoms with Crippen molar-refractivity contribution in [3.63, 3.8) is 0 Å². The molecule has 118 valence electrons. The fraction of sp³-hybridized carbons (Fsp3) is 0.308. The maximum absolute atomic E-state index is 12.3. The average Bonchev–Trinajstić information content (AvgIpc) is 2.80. The Morgan fingerprint density at radius 2 is 2.26 bits per heavy atom. The minimum Gasteiger partial charge on any atom is -0.343 e. The first-order chi connectivity index (χ1) is 11.0. The Bertz CT molecular complexity index is 839.